The highest BCUT2D eigenvalue weighted by atomic mass is 16.3. The van der Waals surface area contributed by atoms with Crippen molar-refractivity contribution in [3.63, 3.8) is 0 Å². The molecule has 0 aliphatic carbocycles. The maximum Gasteiger partial charge on any atom is 0.117 e. The second-order valence-corrected chi connectivity index (χ2v) is 4.70. The second-order valence-electron chi connectivity index (χ2n) is 4.70. The lowest BCUT2D eigenvalue weighted by atomic mass is 10.1. The van der Waals surface area contributed by atoms with Crippen molar-refractivity contribution in [1.29, 1.82) is 0 Å². The van der Waals surface area contributed by atoms with Gasteiger partial charge in [-0.1, -0.05) is 0 Å². The smallest absolute Gasteiger partial charge is 0.117 e. The monoisotopic (exact) mass is 231 g/mol. The molecule has 0 amide bonds. The zero-order valence-corrected chi connectivity index (χ0v) is 9.98. The fourth-order valence-corrected chi connectivity index (χ4v) is 2.72. The van der Waals surface area contributed by atoms with Gasteiger partial charge in [0.15, 0.2) is 0 Å². The number of fused-ring (bicyclic) bond motifs is 1. The number of piperidine rings is 1. The Balaban J connectivity index is 2.11. The summed E-state index contributed by atoms with van der Waals surface area (Å²) in [4.78, 5) is 4.52. The molecule has 1 aromatic heterocycles. The number of nitrogens with zero attached hydrogens (tertiary/aromatic N) is 2. The molecule has 1 unspecified atom stereocenters. The van der Waals surface area contributed by atoms with Gasteiger partial charge in [-0.2, -0.15) is 0 Å². The number of hydrogen-bond acceptors (Lipinski definition) is 3. The summed E-state index contributed by atoms with van der Waals surface area (Å²) in [5, 5.41) is 12.9. The highest BCUT2D eigenvalue weighted by molar-refractivity contribution is 5.77. The topological polar surface area (TPSA) is 50.1 Å². The summed E-state index contributed by atoms with van der Waals surface area (Å²) in [6, 6.07) is 5.91. The van der Waals surface area contributed by atoms with Gasteiger partial charge in [0.1, 0.15) is 11.6 Å². The van der Waals surface area contributed by atoms with E-state index >= 15 is 0 Å². The van der Waals surface area contributed by atoms with Crippen LogP contribution in [-0.4, -0.2) is 27.7 Å². The lowest BCUT2D eigenvalue weighted by molar-refractivity contribution is 0.373. The molecule has 3 rings (SSSR count). The normalized spacial score (nSPS) is 20.9. The SMILES string of the molecule is Cc1nc2cc(O)ccc2n1C1CCCNC1. The Labute approximate surface area is 100 Å². The number of hydrogen-bond donors (Lipinski definition) is 2. The van der Waals surface area contributed by atoms with E-state index in [1.807, 2.05) is 13.0 Å². The first-order valence-electron chi connectivity index (χ1n) is 6.14. The lowest BCUT2D eigenvalue weighted by Gasteiger charge is -2.25. The summed E-state index contributed by atoms with van der Waals surface area (Å²) in [7, 11) is 0. The van der Waals surface area contributed by atoms with Crippen LogP contribution in [0.15, 0.2) is 18.2 Å². The minimum absolute atomic E-state index is 0.281. The Hall–Kier alpha value is -1.55. The first kappa shape index (κ1) is 10.6. The quantitative estimate of drug-likeness (QED) is 0.789. The van der Waals surface area contributed by atoms with E-state index < -0.39 is 0 Å². The standard InChI is InChI=1S/C13H17N3O/c1-9-15-12-7-11(17)4-5-13(12)16(9)10-3-2-6-14-8-10/h4-5,7,10,14,17H,2-3,6,8H2,1H3. The van der Waals surface area contributed by atoms with Crippen molar-refractivity contribution in [1.82, 2.24) is 14.9 Å². The third-order valence-corrected chi connectivity index (χ3v) is 3.49. The molecule has 2 aromatic rings. The van der Waals surface area contributed by atoms with Crippen LogP contribution in [0.2, 0.25) is 0 Å². The molecular formula is C13H17N3O. The number of imidazole rings is 1. The van der Waals surface area contributed by atoms with Gasteiger partial charge in [-0.3, -0.25) is 0 Å². The van der Waals surface area contributed by atoms with E-state index in [-0.39, 0.29) is 5.75 Å². The first-order chi connectivity index (χ1) is 8.25. The van der Waals surface area contributed by atoms with E-state index in [9.17, 15) is 5.11 Å². The largest absolute Gasteiger partial charge is 0.508 e. The molecule has 1 fully saturated rings. The van der Waals surface area contributed by atoms with Crippen LogP contribution in [0.5, 0.6) is 5.75 Å². The molecule has 0 radical (unpaired) electrons. The van der Waals surface area contributed by atoms with Crippen molar-refractivity contribution in [2.75, 3.05) is 13.1 Å². The predicted molar refractivity (Wildman–Crippen MR) is 67.3 cm³/mol. The van der Waals surface area contributed by atoms with Crippen molar-refractivity contribution in [3.05, 3.63) is 24.0 Å². The van der Waals surface area contributed by atoms with E-state index in [4.69, 9.17) is 0 Å². The van der Waals surface area contributed by atoms with E-state index in [0.29, 0.717) is 6.04 Å². The molecular weight excluding hydrogens is 214 g/mol. The van der Waals surface area contributed by atoms with Gasteiger partial charge in [-0.15, -0.1) is 0 Å². The van der Waals surface area contributed by atoms with Gasteiger partial charge in [0.25, 0.3) is 0 Å². The van der Waals surface area contributed by atoms with Crippen LogP contribution < -0.4 is 5.32 Å². The highest BCUT2D eigenvalue weighted by Crippen LogP contribution is 2.27. The number of phenolic OH excluding ortho intramolecular Hbond substituents is 1. The number of rotatable bonds is 1. The van der Waals surface area contributed by atoms with Gasteiger partial charge in [-0.25, -0.2) is 4.98 Å². The summed E-state index contributed by atoms with van der Waals surface area (Å²) in [5.41, 5.74) is 2.00. The Bertz CT molecular complexity index is 541. The van der Waals surface area contributed by atoms with Crippen molar-refractivity contribution in [2.45, 2.75) is 25.8 Å². The molecule has 1 atom stereocenters. The van der Waals surface area contributed by atoms with Crippen LogP contribution >= 0.6 is 0 Å². The highest BCUT2D eigenvalue weighted by Gasteiger charge is 2.19. The zero-order valence-electron chi connectivity index (χ0n) is 9.98. The third-order valence-electron chi connectivity index (χ3n) is 3.49. The summed E-state index contributed by atoms with van der Waals surface area (Å²) in [6.45, 7) is 4.15. The van der Waals surface area contributed by atoms with Gasteiger partial charge >= 0.3 is 0 Å². The molecule has 0 spiro atoms. The Morgan fingerprint density at radius 3 is 3.12 bits per heavy atom. The zero-order chi connectivity index (χ0) is 11.8. The maximum absolute atomic E-state index is 9.48. The maximum atomic E-state index is 9.48. The van der Waals surface area contributed by atoms with E-state index in [1.54, 1.807) is 12.1 Å². The molecule has 1 aliphatic heterocycles. The van der Waals surface area contributed by atoms with Crippen molar-refractivity contribution in [2.24, 2.45) is 0 Å². The number of aromatic hydroxyl groups is 1. The average Bonchev–Trinajstić information content (AvgIpc) is 2.65. The number of aryl methyl sites for hydroxylation is 1. The number of nitrogens with one attached hydrogen (secondary N) is 1. The van der Waals surface area contributed by atoms with Crippen LogP contribution in [0.25, 0.3) is 11.0 Å². The molecule has 1 aromatic carbocycles. The molecule has 0 saturated carbocycles. The van der Waals surface area contributed by atoms with E-state index in [0.717, 1.165) is 29.9 Å². The molecule has 4 heteroatoms. The van der Waals surface area contributed by atoms with Gasteiger partial charge in [-0.05, 0) is 38.4 Å². The van der Waals surface area contributed by atoms with Crippen LogP contribution in [0.4, 0.5) is 0 Å². The van der Waals surface area contributed by atoms with Gasteiger partial charge in [0.2, 0.25) is 0 Å². The molecule has 4 nitrogen and oxygen atoms in total. The summed E-state index contributed by atoms with van der Waals surface area (Å²) >= 11 is 0. The van der Waals surface area contributed by atoms with Gasteiger partial charge < -0.3 is 15.0 Å². The van der Waals surface area contributed by atoms with Crippen molar-refractivity contribution < 1.29 is 5.11 Å². The lowest BCUT2D eigenvalue weighted by Crippen LogP contribution is -2.32. The van der Waals surface area contributed by atoms with Crippen LogP contribution in [0, 0.1) is 6.92 Å². The van der Waals surface area contributed by atoms with Crippen LogP contribution in [-0.2, 0) is 0 Å². The molecule has 1 saturated heterocycles. The van der Waals surface area contributed by atoms with Gasteiger partial charge in [0.05, 0.1) is 11.0 Å². The Kier molecular flexibility index (Phi) is 2.52. The van der Waals surface area contributed by atoms with E-state index in [1.165, 1.54) is 12.8 Å². The third kappa shape index (κ3) is 1.78. The fraction of sp³-hybridized carbons (Fsp3) is 0.462. The predicted octanol–water partition coefficient (Wildman–Crippen LogP) is 1.97. The first-order valence-corrected chi connectivity index (χ1v) is 6.14. The number of aromatic nitrogens is 2. The summed E-state index contributed by atoms with van der Waals surface area (Å²) < 4.78 is 2.29. The Morgan fingerprint density at radius 2 is 2.35 bits per heavy atom. The summed E-state index contributed by atoms with van der Waals surface area (Å²) in [6.07, 6.45) is 2.40. The molecule has 1 aliphatic rings. The van der Waals surface area contributed by atoms with Crippen LogP contribution in [0.1, 0.15) is 24.7 Å². The summed E-state index contributed by atoms with van der Waals surface area (Å²) in [5.74, 6) is 1.31. The molecule has 90 valence electrons. The Morgan fingerprint density at radius 1 is 1.47 bits per heavy atom. The van der Waals surface area contributed by atoms with Crippen molar-refractivity contribution >= 4 is 11.0 Å². The minimum atomic E-state index is 0.281. The molecule has 17 heavy (non-hydrogen) atoms. The second kappa shape index (κ2) is 4.04. The van der Waals surface area contributed by atoms with Gasteiger partial charge in [0, 0.05) is 18.7 Å². The molecule has 2 heterocycles. The van der Waals surface area contributed by atoms with E-state index in [2.05, 4.69) is 14.9 Å². The van der Waals surface area contributed by atoms with Crippen LogP contribution in [0.3, 0.4) is 0 Å². The molecule has 2 N–H and O–H groups in total. The van der Waals surface area contributed by atoms with Crippen molar-refractivity contribution in [3.8, 4) is 5.75 Å². The molecule has 0 bridgehead atoms. The number of benzene rings is 1. The fourth-order valence-electron chi connectivity index (χ4n) is 2.72. The number of phenols is 1. The average molecular weight is 231 g/mol. The minimum Gasteiger partial charge on any atom is -0.508 e.